The van der Waals surface area contributed by atoms with Crippen molar-refractivity contribution in [3.05, 3.63) is 60.2 Å². The van der Waals surface area contributed by atoms with Gasteiger partial charge in [0.05, 0.1) is 0 Å². The van der Waals surface area contributed by atoms with Gasteiger partial charge in [0.2, 0.25) is 0 Å². The molecule has 0 amide bonds. The fraction of sp³-hybridized carbons (Fsp3) is 0.333. The first-order chi connectivity index (χ1) is 10.8. The molecule has 2 aromatic carbocycles. The lowest BCUT2D eigenvalue weighted by molar-refractivity contribution is 0.105. The molecular formula is C18H23NO3. The van der Waals surface area contributed by atoms with Crippen LogP contribution in [0, 0.1) is 6.92 Å². The summed E-state index contributed by atoms with van der Waals surface area (Å²) in [5.74, 6) is 1.67. The van der Waals surface area contributed by atoms with E-state index in [-0.39, 0.29) is 6.61 Å². The van der Waals surface area contributed by atoms with Crippen LogP contribution in [0.5, 0.6) is 11.5 Å². The third-order valence-corrected chi connectivity index (χ3v) is 3.20. The van der Waals surface area contributed by atoms with Crippen molar-refractivity contribution in [2.24, 2.45) is 0 Å². The van der Waals surface area contributed by atoms with E-state index in [1.807, 2.05) is 61.5 Å². The van der Waals surface area contributed by atoms with Gasteiger partial charge in [-0.15, -0.1) is 0 Å². The summed E-state index contributed by atoms with van der Waals surface area (Å²) in [5.41, 5.74) is 1.12. The summed E-state index contributed by atoms with van der Waals surface area (Å²) in [6.45, 7) is 4.01. The highest BCUT2D eigenvalue weighted by molar-refractivity contribution is 5.31. The third kappa shape index (κ3) is 5.76. The fourth-order valence-corrected chi connectivity index (χ4v) is 1.99. The Hall–Kier alpha value is -2.04. The van der Waals surface area contributed by atoms with Gasteiger partial charge in [-0.3, -0.25) is 0 Å². The molecule has 0 fully saturated rings. The lowest BCUT2D eigenvalue weighted by atomic mass is 10.2. The van der Waals surface area contributed by atoms with Crippen molar-refractivity contribution in [2.75, 3.05) is 26.3 Å². The van der Waals surface area contributed by atoms with Gasteiger partial charge in [-0.05, 0) is 30.7 Å². The molecule has 0 bridgehead atoms. The number of para-hydroxylation sites is 2. The van der Waals surface area contributed by atoms with Crippen LogP contribution in [0.15, 0.2) is 54.6 Å². The SMILES string of the molecule is Cc1ccccc1OCCNC[C@@H](O)COc1ccccc1. The molecule has 2 aromatic rings. The zero-order valence-electron chi connectivity index (χ0n) is 12.9. The average Bonchev–Trinajstić information content (AvgIpc) is 2.55. The van der Waals surface area contributed by atoms with Crippen LogP contribution >= 0.6 is 0 Å². The molecular weight excluding hydrogens is 278 g/mol. The van der Waals surface area contributed by atoms with Crippen molar-refractivity contribution < 1.29 is 14.6 Å². The van der Waals surface area contributed by atoms with Gasteiger partial charge < -0.3 is 19.9 Å². The van der Waals surface area contributed by atoms with Gasteiger partial charge in [-0.2, -0.15) is 0 Å². The van der Waals surface area contributed by atoms with Crippen LogP contribution in [-0.4, -0.2) is 37.5 Å². The van der Waals surface area contributed by atoms with E-state index in [1.165, 1.54) is 0 Å². The van der Waals surface area contributed by atoms with Crippen LogP contribution < -0.4 is 14.8 Å². The van der Waals surface area contributed by atoms with E-state index in [1.54, 1.807) is 0 Å². The molecule has 0 aliphatic carbocycles. The van der Waals surface area contributed by atoms with Gasteiger partial charge in [0.1, 0.15) is 30.8 Å². The monoisotopic (exact) mass is 301 g/mol. The normalized spacial score (nSPS) is 11.9. The third-order valence-electron chi connectivity index (χ3n) is 3.20. The molecule has 0 radical (unpaired) electrons. The summed E-state index contributed by atoms with van der Waals surface area (Å²) < 4.78 is 11.2. The highest BCUT2D eigenvalue weighted by Crippen LogP contribution is 2.15. The number of benzene rings is 2. The molecule has 2 rings (SSSR count). The van der Waals surface area contributed by atoms with Crippen LogP contribution in [0.2, 0.25) is 0 Å². The maximum atomic E-state index is 9.84. The average molecular weight is 301 g/mol. The molecule has 4 heteroatoms. The molecule has 0 aromatic heterocycles. The Balaban J connectivity index is 1.56. The smallest absolute Gasteiger partial charge is 0.122 e. The number of aryl methyl sites for hydroxylation is 1. The maximum absolute atomic E-state index is 9.84. The molecule has 0 heterocycles. The van der Waals surface area contributed by atoms with E-state index in [2.05, 4.69) is 5.32 Å². The van der Waals surface area contributed by atoms with Crippen molar-refractivity contribution in [1.82, 2.24) is 5.32 Å². The number of hydrogen-bond acceptors (Lipinski definition) is 4. The minimum Gasteiger partial charge on any atom is -0.492 e. The Kier molecular flexibility index (Phi) is 6.74. The molecule has 0 unspecified atom stereocenters. The van der Waals surface area contributed by atoms with E-state index >= 15 is 0 Å². The number of hydrogen-bond donors (Lipinski definition) is 2. The van der Waals surface area contributed by atoms with E-state index in [9.17, 15) is 5.11 Å². The number of aliphatic hydroxyl groups excluding tert-OH is 1. The van der Waals surface area contributed by atoms with Gasteiger partial charge >= 0.3 is 0 Å². The molecule has 0 aliphatic rings. The lowest BCUT2D eigenvalue weighted by Gasteiger charge is -2.14. The first-order valence-electron chi connectivity index (χ1n) is 7.51. The summed E-state index contributed by atoms with van der Waals surface area (Å²) in [6.07, 6.45) is -0.543. The van der Waals surface area contributed by atoms with Gasteiger partial charge in [-0.1, -0.05) is 36.4 Å². The minimum absolute atomic E-state index is 0.273. The Labute approximate surface area is 131 Å². The lowest BCUT2D eigenvalue weighted by Crippen LogP contribution is -2.33. The summed E-state index contributed by atoms with van der Waals surface area (Å²) in [7, 11) is 0. The first kappa shape index (κ1) is 16.3. The Morgan fingerprint density at radius 3 is 2.50 bits per heavy atom. The second kappa shape index (κ2) is 9.07. The molecule has 118 valence electrons. The highest BCUT2D eigenvalue weighted by atomic mass is 16.5. The van der Waals surface area contributed by atoms with Crippen LogP contribution in [0.3, 0.4) is 0 Å². The summed E-state index contributed by atoms with van der Waals surface area (Å²) in [5, 5.41) is 13.0. The van der Waals surface area contributed by atoms with Crippen molar-refractivity contribution in [3.8, 4) is 11.5 Å². The molecule has 22 heavy (non-hydrogen) atoms. The first-order valence-corrected chi connectivity index (χ1v) is 7.51. The largest absolute Gasteiger partial charge is 0.492 e. The van der Waals surface area contributed by atoms with E-state index in [0.717, 1.165) is 17.1 Å². The Morgan fingerprint density at radius 2 is 1.73 bits per heavy atom. The van der Waals surface area contributed by atoms with Crippen LogP contribution in [0.25, 0.3) is 0 Å². The molecule has 0 saturated carbocycles. The van der Waals surface area contributed by atoms with Crippen molar-refractivity contribution >= 4 is 0 Å². The second-order valence-corrected chi connectivity index (χ2v) is 5.10. The summed E-state index contributed by atoms with van der Waals surface area (Å²) in [6, 6.07) is 17.4. The quantitative estimate of drug-likeness (QED) is 0.698. The Morgan fingerprint density at radius 1 is 1.00 bits per heavy atom. The molecule has 1 atom stereocenters. The maximum Gasteiger partial charge on any atom is 0.122 e. The van der Waals surface area contributed by atoms with Gasteiger partial charge in [0.25, 0.3) is 0 Å². The molecule has 2 N–H and O–H groups in total. The molecule has 0 aliphatic heterocycles. The zero-order valence-corrected chi connectivity index (χ0v) is 12.9. The standard InChI is InChI=1S/C18H23NO3/c1-15-7-5-6-10-18(15)21-12-11-19-13-16(20)14-22-17-8-3-2-4-9-17/h2-10,16,19-20H,11-14H2,1H3/t16-/m1/s1. The molecule has 4 nitrogen and oxygen atoms in total. The predicted octanol–water partition coefficient (Wildman–Crippen LogP) is 2.40. The predicted molar refractivity (Wildman–Crippen MR) is 87.5 cm³/mol. The van der Waals surface area contributed by atoms with Crippen LogP contribution in [-0.2, 0) is 0 Å². The molecule has 0 saturated heterocycles. The Bertz CT molecular complexity index is 545. The van der Waals surface area contributed by atoms with E-state index in [4.69, 9.17) is 9.47 Å². The number of ether oxygens (including phenoxy) is 2. The minimum atomic E-state index is -0.543. The molecule has 0 spiro atoms. The topological polar surface area (TPSA) is 50.7 Å². The summed E-state index contributed by atoms with van der Waals surface area (Å²) >= 11 is 0. The van der Waals surface area contributed by atoms with Crippen molar-refractivity contribution in [3.63, 3.8) is 0 Å². The summed E-state index contributed by atoms with van der Waals surface area (Å²) in [4.78, 5) is 0. The second-order valence-electron chi connectivity index (χ2n) is 5.10. The number of nitrogens with one attached hydrogen (secondary N) is 1. The van der Waals surface area contributed by atoms with E-state index < -0.39 is 6.10 Å². The fourth-order valence-electron chi connectivity index (χ4n) is 1.99. The van der Waals surface area contributed by atoms with E-state index in [0.29, 0.717) is 19.7 Å². The zero-order chi connectivity index (χ0) is 15.6. The van der Waals surface area contributed by atoms with Crippen LogP contribution in [0.1, 0.15) is 5.56 Å². The van der Waals surface area contributed by atoms with Crippen molar-refractivity contribution in [1.29, 1.82) is 0 Å². The van der Waals surface area contributed by atoms with Crippen molar-refractivity contribution in [2.45, 2.75) is 13.0 Å². The number of rotatable bonds is 9. The number of aliphatic hydroxyl groups is 1. The van der Waals surface area contributed by atoms with Gasteiger partial charge in [0, 0.05) is 13.1 Å². The van der Waals surface area contributed by atoms with Gasteiger partial charge in [0.15, 0.2) is 0 Å². The van der Waals surface area contributed by atoms with Crippen LogP contribution in [0.4, 0.5) is 0 Å². The highest BCUT2D eigenvalue weighted by Gasteiger charge is 2.04. The van der Waals surface area contributed by atoms with Gasteiger partial charge in [-0.25, -0.2) is 0 Å².